The highest BCUT2D eigenvalue weighted by atomic mass is 16.5. The van der Waals surface area contributed by atoms with Crippen LogP contribution in [-0.4, -0.2) is 61.9 Å². The quantitative estimate of drug-likeness (QED) is 0.374. The van der Waals surface area contributed by atoms with Gasteiger partial charge in [0, 0.05) is 23.7 Å². The zero-order chi connectivity index (χ0) is 23.7. The Kier molecular flexibility index (Phi) is 7.00. The molecule has 176 valence electrons. The second kappa shape index (κ2) is 9.38. The number of hydrogen-bond donors (Lipinski definition) is 0. The van der Waals surface area contributed by atoms with E-state index in [1.54, 1.807) is 27.7 Å². The standard InChI is InChI=1S/C22H28O10/c1-5-29-19(25)13-9-10(14(13)20(26)30-6-2)18(24)12-11(17(9)23)15(21(27)31-7-3)16(12)22(28)32-8-4/h9-16H,5-8H2,1-4H3/t9-,10-,11-,12+,13+,14-,15-,16+/m1/s1. The molecule has 0 aromatic rings. The summed E-state index contributed by atoms with van der Waals surface area (Å²) < 4.78 is 20.2. The number of ketones is 2. The topological polar surface area (TPSA) is 139 Å². The fraction of sp³-hybridized carbons (Fsp3) is 0.727. The van der Waals surface area contributed by atoms with Crippen LogP contribution >= 0.6 is 0 Å². The highest BCUT2D eigenvalue weighted by Gasteiger charge is 2.76. The summed E-state index contributed by atoms with van der Waals surface area (Å²) in [6.07, 6.45) is 0. The Bertz CT molecular complexity index is 701. The van der Waals surface area contributed by atoms with Gasteiger partial charge in [-0.3, -0.25) is 28.8 Å². The molecule has 0 amide bonds. The molecule has 0 bridgehead atoms. The van der Waals surface area contributed by atoms with Gasteiger partial charge in [-0.2, -0.15) is 0 Å². The summed E-state index contributed by atoms with van der Waals surface area (Å²) in [4.78, 5) is 77.1. The average Bonchev–Trinajstić information content (AvgIpc) is 2.66. The van der Waals surface area contributed by atoms with Gasteiger partial charge in [-0.15, -0.1) is 0 Å². The molecule has 0 N–H and O–H groups in total. The van der Waals surface area contributed by atoms with Gasteiger partial charge >= 0.3 is 23.9 Å². The lowest BCUT2D eigenvalue weighted by Crippen LogP contribution is -2.73. The van der Waals surface area contributed by atoms with Crippen molar-refractivity contribution in [2.75, 3.05) is 26.4 Å². The van der Waals surface area contributed by atoms with Crippen LogP contribution in [0.3, 0.4) is 0 Å². The van der Waals surface area contributed by atoms with Crippen molar-refractivity contribution >= 4 is 35.4 Å². The van der Waals surface area contributed by atoms with Crippen molar-refractivity contribution in [3.8, 4) is 0 Å². The summed E-state index contributed by atoms with van der Waals surface area (Å²) in [6.45, 7) is 6.49. The van der Waals surface area contributed by atoms with E-state index in [0.29, 0.717) is 0 Å². The van der Waals surface area contributed by atoms with Crippen molar-refractivity contribution in [2.24, 2.45) is 47.3 Å². The lowest BCUT2D eigenvalue weighted by molar-refractivity contribution is -0.210. The molecule has 0 saturated heterocycles. The van der Waals surface area contributed by atoms with E-state index < -0.39 is 82.8 Å². The Morgan fingerprint density at radius 2 is 0.688 bits per heavy atom. The fourth-order valence-electron chi connectivity index (χ4n) is 5.48. The first-order valence-electron chi connectivity index (χ1n) is 11.0. The van der Waals surface area contributed by atoms with Crippen LogP contribution in [0.2, 0.25) is 0 Å². The van der Waals surface area contributed by atoms with Crippen LogP contribution in [0.1, 0.15) is 27.7 Å². The Labute approximate surface area is 185 Å². The van der Waals surface area contributed by atoms with Gasteiger partial charge in [0.25, 0.3) is 0 Å². The maximum absolute atomic E-state index is 13.4. The molecule has 0 aliphatic heterocycles. The molecular weight excluding hydrogens is 424 g/mol. The molecule has 0 spiro atoms. The molecule has 3 fully saturated rings. The zero-order valence-corrected chi connectivity index (χ0v) is 18.5. The molecule has 0 radical (unpaired) electrons. The number of fused-ring (bicyclic) bond motifs is 2. The van der Waals surface area contributed by atoms with Crippen molar-refractivity contribution in [1.29, 1.82) is 0 Å². The molecule has 10 nitrogen and oxygen atoms in total. The summed E-state index contributed by atoms with van der Waals surface area (Å²) in [6, 6.07) is 0. The van der Waals surface area contributed by atoms with Gasteiger partial charge < -0.3 is 18.9 Å². The number of hydrogen-bond acceptors (Lipinski definition) is 10. The van der Waals surface area contributed by atoms with Gasteiger partial charge in [-0.25, -0.2) is 0 Å². The minimum Gasteiger partial charge on any atom is -0.466 e. The van der Waals surface area contributed by atoms with Gasteiger partial charge in [0.1, 0.15) is 11.6 Å². The van der Waals surface area contributed by atoms with Crippen LogP contribution in [0.15, 0.2) is 0 Å². The highest BCUT2D eigenvalue weighted by Crippen LogP contribution is 2.62. The Morgan fingerprint density at radius 1 is 0.500 bits per heavy atom. The van der Waals surface area contributed by atoms with Crippen LogP contribution in [0.4, 0.5) is 0 Å². The molecule has 10 heteroatoms. The lowest BCUT2D eigenvalue weighted by Gasteiger charge is -2.59. The maximum Gasteiger partial charge on any atom is 0.310 e. The van der Waals surface area contributed by atoms with Gasteiger partial charge in [0.15, 0.2) is 0 Å². The molecule has 32 heavy (non-hydrogen) atoms. The van der Waals surface area contributed by atoms with Crippen molar-refractivity contribution in [1.82, 2.24) is 0 Å². The summed E-state index contributed by atoms with van der Waals surface area (Å²) in [5.41, 5.74) is 0. The monoisotopic (exact) mass is 452 g/mol. The summed E-state index contributed by atoms with van der Waals surface area (Å²) in [5.74, 6) is -13.1. The second-order valence-corrected chi connectivity index (χ2v) is 8.02. The lowest BCUT2D eigenvalue weighted by atomic mass is 9.39. The van der Waals surface area contributed by atoms with Gasteiger partial charge in [0.2, 0.25) is 0 Å². The van der Waals surface area contributed by atoms with Gasteiger partial charge in [-0.05, 0) is 27.7 Å². The van der Waals surface area contributed by atoms with Crippen molar-refractivity contribution in [2.45, 2.75) is 27.7 Å². The van der Waals surface area contributed by atoms with Gasteiger partial charge in [-0.1, -0.05) is 0 Å². The highest BCUT2D eigenvalue weighted by molar-refractivity contribution is 6.12. The first-order chi connectivity index (χ1) is 15.3. The predicted octanol–water partition coefficient (Wildman–Crippen LogP) is 0.347. The molecular formula is C22H28O10. The molecule has 0 heterocycles. The van der Waals surface area contributed by atoms with E-state index in [4.69, 9.17) is 18.9 Å². The third-order valence-electron chi connectivity index (χ3n) is 6.64. The van der Waals surface area contributed by atoms with E-state index in [9.17, 15) is 28.8 Å². The molecule has 0 aromatic carbocycles. The minimum absolute atomic E-state index is 0.0346. The molecule has 3 rings (SSSR count). The van der Waals surface area contributed by atoms with E-state index in [2.05, 4.69) is 0 Å². The molecule has 3 saturated carbocycles. The van der Waals surface area contributed by atoms with Crippen LogP contribution in [0, 0.1) is 47.3 Å². The average molecular weight is 452 g/mol. The smallest absolute Gasteiger partial charge is 0.310 e. The van der Waals surface area contributed by atoms with E-state index in [1.165, 1.54) is 0 Å². The van der Waals surface area contributed by atoms with Crippen LogP contribution < -0.4 is 0 Å². The summed E-state index contributed by atoms with van der Waals surface area (Å²) in [5, 5.41) is 0. The first-order valence-corrected chi connectivity index (χ1v) is 11.0. The van der Waals surface area contributed by atoms with E-state index in [0.717, 1.165) is 0 Å². The first kappa shape index (κ1) is 23.9. The summed E-state index contributed by atoms with van der Waals surface area (Å²) >= 11 is 0. The molecule has 8 atom stereocenters. The van der Waals surface area contributed by atoms with Crippen LogP contribution in [-0.2, 0) is 47.7 Å². The Hall–Kier alpha value is -2.78. The van der Waals surface area contributed by atoms with Crippen molar-refractivity contribution in [3.05, 3.63) is 0 Å². The van der Waals surface area contributed by atoms with Gasteiger partial charge in [0.05, 0.1) is 50.1 Å². The summed E-state index contributed by atoms with van der Waals surface area (Å²) in [7, 11) is 0. The molecule has 3 aliphatic rings. The van der Waals surface area contributed by atoms with E-state index in [1.807, 2.05) is 0 Å². The molecule has 3 aliphatic carbocycles. The minimum atomic E-state index is -1.17. The number of ether oxygens (including phenoxy) is 4. The number of Topliss-reactive ketones (excluding diaryl/α,β-unsaturated/α-hetero) is 2. The second-order valence-electron chi connectivity index (χ2n) is 8.02. The third kappa shape index (κ3) is 3.49. The van der Waals surface area contributed by atoms with Crippen LogP contribution in [0.5, 0.6) is 0 Å². The SMILES string of the molecule is CCOC(=O)[C@@H]1[C@H](C(=O)OCC)[C@@H]2C(=O)[C@H]3[C@H](C(=O)OCC)[C@H](C(=O)OCC)[C@@H]3C(=O)[C@H]12. The Morgan fingerprint density at radius 3 is 0.844 bits per heavy atom. The maximum atomic E-state index is 13.4. The number of esters is 4. The van der Waals surface area contributed by atoms with Crippen LogP contribution in [0.25, 0.3) is 0 Å². The number of carbonyl (C=O) groups excluding carboxylic acids is 6. The predicted molar refractivity (Wildman–Crippen MR) is 104 cm³/mol. The van der Waals surface area contributed by atoms with E-state index in [-0.39, 0.29) is 26.4 Å². The largest absolute Gasteiger partial charge is 0.466 e. The number of rotatable bonds is 8. The molecule has 0 aromatic heterocycles. The fourth-order valence-corrected chi connectivity index (χ4v) is 5.48. The molecule has 0 unspecified atom stereocenters. The van der Waals surface area contributed by atoms with Crippen molar-refractivity contribution < 1.29 is 47.7 Å². The normalized spacial score (nSPS) is 34.8. The van der Waals surface area contributed by atoms with E-state index >= 15 is 0 Å². The Balaban J connectivity index is 1.99. The number of carbonyl (C=O) groups is 6. The third-order valence-corrected chi connectivity index (χ3v) is 6.64. The van der Waals surface area contributed by atoms with Crippen molar-refractivity contribution in [3.63, 3.8) is 0 Å². The zero-order valence-electron chi connectivity index (χ0n) is 18.5.